The van der Waals surface area contributed by atoms with E-state index >= 15 is 0 Å². The molecule has 0 saturated carbocycles. The highest BCUT2D eigenvalue weighted by molar-refractivity contribution is 5.18. The van der Waals surface area contributed by atoms with Crippen LogP contribution in [0.1, 0.15) is 18.0 Å². The highest BCUT2D eigenvalue weighted by Crippen LogP contribution is 2.13. The molecule has 0 aliphatic carbocycles. The number of ether oxygens (including phenoxy) is 1. The summed E-state index contributed by atoms with van der Waals surface area (Å²) in [6.45, 7) is 1.83. The molecule has 1 aromatic rings. The maximum Gasteiger partial charge on any atom is 0.0899 e. The van der Waals surface area contributed by atoms with E-state index in [4.69, 9.17) is 10.5 Å². The standard InChI is InChI=1S/C14H24N2O2/c1-16(10-13(17)11-18-2)9-8-14(15)12-6-4-3-5-7-12/h3-7,13-14,17H,8-11,15H2,1-2H3. The second-order valence-electron chi connectivity index (χ2n) is 4.68. The summed E-state index contributed by atoms with van der Waals surface area (Å²) in [6, 6.07) is 10.1. The lowest BCUT2D eigenvalue weighted by Crippen LogP contribution is -2.33. The van der Waals surface area contributed by atoms with Crippen LogP contribution in [0.2, 0.25) is 0 Å². The monoisotopic (exact) mass is 252 g/mol. The molecule has 4 heteroatoms. The SMILES string of the molecule is COCC(O)CN(C)CCC(N)c1ccccc1. The van der Waals surface area contributed by atoms with E-state index in [1.807, 2.05) is 37.4 Å². The molecule has 0 bridgehead atoms. The fourth-order valence-electron chi connectivity index (χ4n) is 1.92. The molecule has 0 aromatic heterocycles. The minimum atomic E-state index is -0.437. The lowest BCUT2D eigenvalue weighted by molar-refractivity contribution is 0.0428. The van der Waals surface area contributed by atoms with Gasteiger partial charge in [-0.05, 0) is 25.6 Å². The van der Waals surface area contributed by atoms with E-state index in [2.05, 4.69) is 4.90 Å². The van der Waals surface area contributed by atoms with E-state index in [9.17, 15) is 5.11 Å². The molecule has 0 amide bonds. The van der Waals surface area contributed by atoms with Gasteiger partial charge in [-0.3, -0.25) is 0 Å². The number of nitrogens with zero attached hydrogens (tertiary/aromatic N) is 1. The summed E-state index contributed by atoms with van der Waals surface area (Å²) in [4.78, 5) is 2.08. The van der Waals surface area contributed by atoms with Crippen LogP contribution in [0, 0.1) is 0 Å². The van der Waals surface area contributed by atoms with Crippen LogP contribution in [-0.2, 0) is 4.74 Å². The van der Waals surface area contributed by atoms with Crippen molar-refractivity contribution in [2.45, 2.75) is 18.6 Å². The van der Waals surface area contributed by atoms with Crippen molar-refractivity contribution >= 4 is 0 Å². The molecule has 2 atom stereocenters. The van der Waals surface area contributed by atoms with Crippen molar-refractivity contribution in [3.05, 3.63) is 35.9 Å². The lowest BCUT2D eigenvalue weighted by atomic mass is 10.0. The lowest BCUT2D eigenvalue weighted by Gasteiger charge is -2.22. The zero-order valence-corrected chi connectivity index (χ0v) is 11.2. The molecule has 3 N–H and O–H groups in total. The fourth-order valence-corrected chi connectivity index (χ4v) is 1.92. The molecule has 2 unspecified atom stereocenters. The number of likely N-dealkylation sites (N-methyl/N-ethyl adjacent to an activating group) is 1. The summed E-state index contributed by atoms with van der Waals surface area (Å²) in [5.41, 5.74) is 7.27. The highest BCUT2D eigenvalue weighted by atomic mass is 16.5. The van der Waals surface area contributed by atoms with Gasteiger partial charge >= 0.3 is 0 Å². The van der Waals surface area contributed by atoms with Gasteiger partial charge in [-0.25, -0.2) is 0 Å². The summed E-state index contributed by atoms with van der Waals surface area (Å²) < 4.78 is 4.90. The Morgan fingerprint density at radius 2 is 2.00 bits per heavy atom. The Bertz CT molecular complexity index is 319. The van der Waals surface area contributed by atoms with E-state index in [-0.39, 0.29) is 6.04 Å². The zero-order chi connectivity index (χ0) is 13.4. The Balaban J connectivity index is 2.28. The van der Waals surface area contributed by atoms with Gasteiger partial charge in [-0.2, -0.15) is 0 Å². The van der Waals surface area contributed by atoms with Gasteiger partial charge < -0.3 is 20.5 Å². The van der Waals surface area contributed by atoms with Crippen molar-refractivity contribution in [1.29, 1.82) is 0 Å². The summed E-state index contributed by atoms with van der Waals surface area (Å²) >= 11 is 0. The molecular formula is C14H24N2O2. The van der Waals surface area contributed by atoms with E-state index in [1.54, 1.807) is 7.11 Å². The maximum absolute atomic E-state index is 9.60. The first-order valence-corrected chi connectivity index (χ1v) is 6.29. The first-order valence-electron chi connectivity index (χ1n) is 6.29. The second-order valence-corrected chi connectivity index (χ2v) is 4.68. The van der Waals surface area contributed by atoms with E-state index in [1.165, 1.54) is 0 Å². The second kappa shape index (κ2) is 8.21. The summed E-state index contributed by atoms with van der Waals surface area (Å²) in [7, 11) is 3.57. The molecule has 0 heterocycles. The molecule has 102 valence electrons. The van der Waals surface area contributed by atoms with Crippen LogP contribution in [0.4, 0.5) is 0 Å². The predicted molar refractivity (Wildman–Crippen MR) is 73.4 cm³/mol. The minimum absolute atomic E-state index is 0.0493. The number of aliphatic hydroxyl groups excluding tert-OH is 1. The third-order valence-corrected chi connectivity index (χ3v) is 2.93. The molecule has 4 nitrogen and oxygen atoms in total. The minimum Gasteiger partial charge on any atom is -0.389 e. The first-order chi connectivity index (χ1) is 8.63. The zero-order valence-electron chi connectivity index (χ0n) is 11.2. The van der Waals surface area contributed by atoms with Crippen LogP contribution in [-0.4, -0.2) is 50.0 Å². The number of rotatable bonds is 8. The van der Waals surface area contributed by atoms with Crippen molar-refractivity contribution in [2.24, 2.45) is 5.73 Å². The summed E-state index contributed by atoms with van der Waals surface area (Å²) in [6.07, 6.45) is 0.438. The van der Waals surface area contributed by atoms with E-state index in [0.29, 0.717) is 13.2 Å². The molecule has 0 aliphatic rings. The van der Waals surface area contributed by atoms with Gasteiger partial charge in [-0.1, -0.05) is 30.3 Å². The normalized spacial score (nSPS) is 14.7. The number of methoxy groups -OCH3 is 1. The molecule has 1 aromatic carbocycles. The maximum atomic E-state index is 9.60. The molecule has 0 fully saturated rings. The summed E-state index contributed by atoms with van der Waals surface area (Å²) in [5, 5.41) is 9.60. The molecular weight excluding hydrogens is 228 g/mol. The fraction of sp³-hybridized carbons (Fsp3) is 0.571. The van der Waals surface area contributed by atoms with E-state index in [0.717, 1.165) is 18.5 Å². The largest absolute Gasteiger partial charge is 0.389 e. The van der Waals surface area contributed by atoms with Gasteiger partial charge in [0.25, 0.3) is 0 Å². The van der Waals surface area contributed by atoms with Crippen molar-refractivity contribution in [3.8, 4) is 0 Å². The number of hydrogen-bond donors (Lipinski definition) is 2. The molecule has 0 radical (unpaired) electrons. The number of benzene rings is 1. The third kappa shape index (κ3) is 5.60. The Labute approximate surface area is 109 Å². The van der Waals surface area contributed by atoms with Gasteiger partial charge in [0.2, 0.25) is 0 Å². The number of nitrogens with two attached hydrogens (primary N) is 1. The Morgan fingerprint density at radius 3 is 2.61 bits per heavy atom. The summed E-state index contributed by atoms with van der Waals surface area (Å²) in [5.74, 6) is 0. The van der Waals surface area contributed by atoms with Crippen LogP contribution < -0.4 is 5.73 Å². The average molecular weight is 252 g/mol. The van der Waals surface area contributed by atoms with Gasteiger partial charge in [-0.15, -0.1) is 0 Å². The average Bonchev–Trinajstić information content (AvgIpc) is 2.37. The highest BCUT2D eigenvalue weighted by Gasteiger charge is 2.10. The van der Waals surface area contributed by atoms with Crippen molar-refractivity contribution in [1.82, 2.24) is 4.90 Å². The molecule has 0 aliphatic heterocycles. The third-order valence-electron chi connectivity index (χ3n) is 2.93. The molecule has 18 heavy (non-hydrogen) atoms. The number of hydrogen-bond acceptors (Lipinski definition) is 4. The van der Waals surface area contributed by atoms with Gasteiger partial charge in [0.1, 0.15) is 0 Å². The van der Waals surface area contributed by atoms with E-state index < -0.39 is 6.10 Å². The van der Waals surface area contributed by atoms with Gasteiger partial charge in [0, 0.05) is 19.7 Å². The Morgan fingerprint density at radius 1 is 1.33 bits per heavy atom. The first kappa shape index (κ1) is 15.1. The van der Waals surface area contributed by atoms with Crippen LogP contribution in [0.15, 0.2) is 30.3 Å². The van der Waals surface area contributed by atoms with Crippen LogP contribution >= 0.6 is 0 Å². The topological polar surface area (TPSA) is 58.7 Å². The van der Waals surface area contributed by atoms with Crippen molar-refractivity contribution in [2.75, 3.05) is 33.9 Å². The smallest absolute Gasteiger partial charge is 0.0899 e. The predicted octanol–water partition coefficient (Wildman–Crippen LogP) is 1.02. The Hall–Kier alpha value is -0.940. The van der Waals surface area contributed by atoms with Crippen molar-refractivity contribution < 1.29 is 9.84 Å². The number of aliphatic hydroxyl groups is 1. The molecule has 0 spiro atoms. The quantitative estimate of drug-likeness (QED) is 0.725. The van der Waals surface area contributed by atoms with Gasteiger partial charge in [0.05, 0.1) is 12.7 Å². The van der Waals surface area contributed by atoms with Crippen LogP contribution in [0.5, 0.6) is 0 Å². The van der Waals surface area contributed by atoms with Crippen molar-refractivity contribution in [3.63, 3.8) is 0 Å². The Kier molecular flexibility index (Phi) is 6.90. The molecule has 0 saturated heterocycles. The van der Waals surface area contributed by atoms with Crippen LogP contribution in [0.3, 0.4) is 0 Å². The van der Waals surface area contributed by atoms with Gasteiger partial charge in [0.15, 0.2) is 0 Å². The van der Waals surface area contributed by atoms with Crippen LogP contribution in [0.25, 0.3) is 0 Å². The molecule has 1 rings (SSSR count).